The van der Waals surface area contributed by atoms with E-state index in [9.17, 15) is 9.90 Å². The Labute approximate surface area is 164 Å². The van der Waals surface area contributed by atoms with Crippen molar-refractivity contribution in [2.75, 3.05) is 12.4 Å². The first kappa shape index (κ1) is 18.4. The number of carbonyl (C=O) groups is 1. The second-order valence-corrected chi connectivity index (χ2v) is 8.22. The van der Waals surface area contributed by atoms with E-state index in [-0.39, 0.29) is 17.8 Å². The maximum atomic E-state index is 13.2. The van der Waals surface area contributed by atoms with E-state index in [1.165, 1.54) is 0 Å². The zero-order valence-corrected chi connectivity index (χ0v) is 16.3. The number of aliphatic hydroxyl groups excluding tert-OH is 1. The first-order valence-corrected chi connectivity index (χ1v) is 9.58. The molecule has 5 nitrogen and oxygen atoms in total. The van der Waals surface area contributed by atoms with Gasteiger partial charge in [-0.25, -0.2) is 0 Å². The van der Waals surface area contributed by atoms with Crippen LogP contribution >= 0.6 is 0 Å². The van der Waals surface area contributed by atoms with E-state index in [0.29, 0.717) is 12.8 Å². The third kappa shape index (κ3) is 3.02. The molecule has 0 bridgehead atoms. The predicted molar refractivity (Wildman–Crippen MR) is 110 cm³/mol. The minimum atomic E-state index is -0.128. The Balaban J connectivity index is 2.07. The molecule has 2 aromatic heterocycles. The number of rotatable bonds is 4. The molecule has 1 aliphatic carbocycles. The zero-order chi connectivity index (χ0) is 19.9. The fourth-order valence-electron chi connectivity index (χ4n) is 4.31. The molecule has 0 unspecified atom stereocenters. The molecule has 4 rings (SSSR count). The topological polar surface area (TPSA) is 81.1 Å². The average molecular weight is 375 g/mol. The monoisotopic (exact) mass is 375 g/mol. The number of nitrogen functional groups attached to an aromatic ring is 1. The van der Waals surface area contributed by atoms with Crippen molar-refractivity contribution in [1.29, 1.82) is 0 Å². The van der Waals surface area contributed by atoms with Crippen LogP contribution in [0, 0.1) is 5.41 Å². The van der Waals surface area contributed by atoms with Gasteiger partial charge in [0, 0.05) is 42.1 Å². The molecule has 0 saturated carbocycles. The van der Waals surface area contributed by atoms with Gasteiger partial charge in [-0.05, 0) is 41.5 Å². The Morgan fingerprint density at radius 3 is 2.54 bits per heavy atom. The Morgan fingerprint density at radius 1 is 1.11 bits per heavy atom. The van der Waals surface area contributed by atoms with Gasteiger partial charge in [0.05, 0.1) is 11.4 Å². The van der Waals surface area contributed by atoms with Gasteiger partial charge in [-0.2, -0.15) is 0 Å². The van der Waals surface area contributed by atoms with E-state index in [0.717, 1.165) is 45.6 Å². The highest BCUT2D eigenvalue weighted by molar-refractivity contribution is 6.08. The van der Waals surface area contributed by atoms with Gasteiger partial charge in [-0.1, -0.05) is 38.1 Å². The molecular weight excluding hydrogens is 350 g/mol. The Kier molecular flexibility index (Phi) is 4.55. The summed E-state index contributed by atoms with van der Waals surface area (Å²) in [6.45, 7) is 4.26. The minimum absolute atomic E-state index is 0.0497. The minimum Gasteiger partial charge on any atom is -0.396 e. The molecule has 3 N–H and O–H groups in total. The van der Waals surface area contributed by atoms with Gasteiger partial charge in [-0.3, -0.25) is 14.5 Å². The zero-order valence-electron chi connectivity index (χ0n) is 16.3. The van der Waals surface area contributed by atoms with Crippen LogP contribution in [0.4, 0.5) is 0 Å². The van der Waals surface area contributed by atoms with Crippen LogP contribution in [0.1, 0.15) is 41.9 Å². The van der Waals surface area contributed by atoms with Crippen LogP contribution in [0.15, 0.2) is 48.8 Å². The number of benzene rings is 1. The van der Waals surface area contributed by atoms with E-state index < -0.39 is 0 Å². The second kappa shape index (κ2) is 6.91. The summed E-state index contributed by atoms with van der Waals surface area (Å²) in [5.74, 6) is 6.72. The highest BCUT2D eigenvalue weighted by Crippen LogP contribution is 2.45. The average Bonchev–Trinajstić information content (AvgIpc) is 2.95. The van der Waals surface area contributed by atoms with E-state index in [4.69, 9.17) is 5.84 Å². The smallest absolute Gasteiger partial charge is 0.165 e. The molecule has 1 aliphatic rings. The van der Waals surface area contributed by atoms with Crippen LogP contribution in [-0.4, -0.2) is 27.2 Å². The van der Waals surface area contributed by atoms with Crippen molar-refractivity contribution < 1.29 is 9.90 Å². The molecule has 0 radical (unpaired) electrons. The fourth-order valence-corrected chi connectivity index (χ4v) is 4.31. The molecule has 144 valence electrons. The van der Waals surface area contributed by atoms with E-state index in [1.54, 1.807) is 17.1 Å². The van der Waals surface area contributed by atoms with E-state index in [2.05, 4.69) is 18.8 Å². The van der Waals surface area contributed by atoms with Crippen LogP contribution in [0.3, 0.4) is 0 Å². The molecule has 0 atom stereocenters. The molecule has 0 aliphatic heterocycles. The standard InChI is InChI=1S/C23H25N3O2/c1-23(2)13-18-21(19(28)14-23)20(17-6-4-3-5-15(17)9-12-27)22(26(18)24)16-7-10-25-11-8-16/h3-8,10-11,27H,9,12-14,24H2,1-2H3. The van der Waals surface area contributed by atoms with Crippen LogP contribution in [0.25, 0.3) is 22.4 Å². The summed E-state index contributed by atoms with van der Waals surface area (Å²) in [6.07, 6.45) is 5.23. The van der Waals surface area contributed by atoms with Crippen LogP contribution in [-0.2, 0) is 12.8 Å². The van der Waals surface area contributed by atoms with Gasteiger partial charge in [0.25, 0.3) is 0 Å². The lowest BCUT2D eigenvalue weighted by Gasteiger charge is -2.29. The summed E-state index contributed by atoms with van der Waals surface area (Å²) in [6, 6.07) is 11.8. The van der Waals surface area contributed by atoms with Crippen molar-refractivity contribution in [3.63, 3.8) is 0 Å². The summed E-state index contributed by atoms with van der Waals surface area (Å²) < 4.78 is 1.69. The number of pyridine rings is 1. The van der Waals surface area contributed by atoms with Crippen molar-refractivity contribution in [2.45, 2.75) is 33.1 Å². The summed E-state index contributed by atoms with van der Waals surface area (Å²) in [5, 5.41) is 9.54. The summed E-state index contributed by atoms with van der Waals surface area (Å²) in [4.78, 5) is 17.4. The second-order valence-electron chi connectivity index (χ2n) is 8.22. The summed E-state index contributed by atoms with van der Waals surface area (Å²) >= 11 is 0. The van der Waals surface area contributed by atoms with Crippen LogP contribution in [0.2, 0.25) is 0 Å². The van der Waals surface area contributed by atoms with Gasteiger partial charge in [0.15, 0.2) is 5.78 Å². The fraction of sp³-hybridized carbons (Fsp3) is 0.304. The molecule has 0 spiro atoms. The molecule has 1 aromatic carbocycles. The molecular formula is C23H25N3O2. The molecule has 0 saturated heterocycles. The molecule has 2 heterocycles. The number of fused-ring (bicyclic) bond motifs is 1. The third-order valence-electron chi connectivity index (χ3n) is 5.49. The summed E-state index contributed by atoms with van der Waals surface area (Å²) in [5.41, 5.74) is 6.05. The Hall–Kier alpha value is -2.92. The highest BCUT2D eigenvalue weighted by atomic mass is 16.3. The number of nitrogens with two attached hydrogens (primary N) is 1. The van der Waals surface area contributed by atoms with Crippen molar-refractivity contribution in [3.05, 3.63) is 65.6 Å². The van der Waals surface area contributed by atoms with E-state index >= 15 is 0 Å². The molecule has 28 heavy (non-hydrogen) atoms. The number of hydrogen-bond donors (Lipinski definition) is 2. The van der Waals surface area contributed by atoms with Crippen LogP contribution in [0.5, 0.6) is 0 Å². The lowest BCUT2D eigenvalue weighted by molar-refractivity contribution is 0.0911. The molecule has 0 fully saturated rings. The SMILES string of the molecule is CC1(C)CC(=O)c2c(-c3ccccc3CCO)c(-c3ccncc3)n(N)c2C1. The molecule has 3 aromatic rings. The van der Waals surface area contributed by atoms with Gasteiger partial charge in [-0.15, -0.1) is 0 Å². The number of aliphatic hydroxyl groups is 1. The largest absolute Gasteiger partial charge is 0.396 e. The van der Waals surface area contributed by atoms with Crippen molar-refractivity contribution in [3.8, 4) is 22.4 Å². The lowest BCUT2D eigenvalue weighted by atomic mass is 9.74. The molecule has 0 amide bonds. The number of ketones is 1. The number of aromatic nitrogens is 2. The van der Waals surface area contributed by atoms with Crippen molar-refractivity contribution in [1.82, 2.24) is 9.66 Å². The first-order valence-electron chi connectivity index (χ1n) is 9.58. The number of nitrogens with zero attached hydrogens (tertiary/aromatic N) is 2. The van der Waals surface area contributed by atoms with Crippen LogP contribution < -0.4 is 5.84 Å². The summed E-state index contributed by atoms with van der Waals surface area (Å²) in [7, 11) is 0. The van der Waals surface area contributed by atoms with Gasteiger partial charge in [0.2, 0.25) is 0 Å². The third-order valence-corrected chi connectivity index (χ3v) is 5.49. The predicted octanol–water partition coefficient (Wildman–Crippen LogP) is 3.62. The van der Waals surface area contributed by atoms with Crippen molar-refractivity contribution in [2.24, 2.45) is 5.41 Å². The highest BCUT2D eigenvalue weighted by Gasteiger charge is 2.38. The quantitative estimate of drug-likeness (QED) is 0.683. The maximum Gasteiger partial charge on any atom is 0.165 e. The van der Waals surface area contributed by atoms with Gasteiger partial charge >= 0.3 is 0 Å². The number of Topliss-reactive ketones (excluding diaryl/α,β-unsaturated/α-hetero) is 1. The first-order chi connectivity index (χ1) is 13.4. The maximum absolute atomic E-state index is 13.2. The Bertz CT molecular complexity index is 1040. The lowest BCUT2D eigenvalue weighted by Crippen LogP contribution is -2.29. The molecule has 5 heteroatoms. The van der Waals surface area contributed by atoms with E-state index in [1.807, 2.05) is 36.4 Å². The van der Waals surface area contributed by atoms with Gasteiger partial charge in [0.1, 0.15) is 0 Å². The number of hydrogen-bond acceptors (Lipinski definition) is 4. The van der Waals surface area contributed by atoms with Crippen molar-refractivity contribution >= 4 is 5.78 Å². The normalized spacial score (nSPS) is 15.5. The Morgan fingerprint density at radius 2 is 1.82 bits per heavy atom. The number of carbonyl (C=O) groups excluding carboxylic acids is 1. The van der Waals surface area contributed by atoms with Gasteiger partial charge < -0.3 is 10.9 Å².